The van der Waals surface area contributed by atoms with Crippen LogP contribution in [0.2, 0.25) is 0 Å². The maximum atomic E-state index is 13.3. The molecule has 0 spiro atoms. The van der Waals surface area contributed by atoms with E-state index >= 15 is 0 Å². The third-order valence-corrected chi connectivity index (χ3v) is 5.00. The second-order valence-corrected chi connectivity index (χ2v) is 8.84. The molecule has 0 bridgehead atoms. The van der Waals surface area contributed by atoms with E-state index in [1.807, 2.05) is 77.9 Å². The molecule has 0 radical (unpaired) electrons. The Balaban J connectivity index is 2.21. The minimum absolute atomic E-state index is 0.0220. The van der Waals surface area contributed by atoms with Crippen LogP contribution in [0, 0.1) is 13.8 Å². The third-order valence-electron chi connectivity index (χ3n) is 5.00. The molecular formula is C25H34N2O2. The first-order valence-electron chi connectivity index (χ1n) is 10.3. The largest absolute Gasteiger partial charge is 0.350 e. The molecule has 2 amide bonds. The lowest BCUT2D eigenvalue weighted by Gasteiger charge is -2.31. The number of rotatable bonds is 7. The van der Waals surface area contributed by atoms with Crippen molar-refractivity contribution in [2.75, 3.05) is 6.54 Å². The van der Waals surface area contributed by atoms with Crippen LogP contribution in [0.15, 0.2) is 48.5 Å². The zero-order chi connectivity index (χ0) is 21.6. The Labute approximate surface area is 175 Å². The van der Waals surface area contributed by atoms with Gasteiger partial charge in [-0.2, -0.15) is 0 Å². The number of nitrogens with one attached hydrogen (secondary N) is 1. The highest BCUT2D eigenvalue weighted by Gasteiger charge is 2.28. The van der Waals surface area contributed by atoms with Crippen molar-refractivity contribution in [2.45, 2.75) is 66.0 Å². The molecule has 4 nitrogen and oxygen atoms in total. The second-order valence-electron chi connectivity index (χ2n) is 8.84. The molecule has 0 aliphatic heterocycles. The molecule has 4 heteroatoms. The number of hydrogen-bond donors (Lipinski definition) is 1. The van der Waals surface area contributed by atoms with Crippen LogP contribution in [-0.2, 0) is 22.4 Å². The first kappa shape index (κ1) is 22.7. The van der Waals surface area contributed by atoms with Crippen LogP contribution >= 0.6 is 0 Å². The smallest absolute Gasteiger partial charge is 0.242 e. The van der Waals surface area contributed by atoms with E-state index in [-0.39, 0.29) is 17.4 Å². The molecular weight excluding hydrogens is 360 g/mol. The molecule has 0 saturated carbocycles. The monoisotopic (exact) mass is 394 g/mol. The molecule has 0 aromatic heterocycles. The van der Waals surface area contributed by atoms with Gasteiger partial charge >= 0.3 is 0 Å². The zero-order valence-electron chi connectivity index (χ0n) is 18.6. The van der Waals surface area contributed by atoms with E-state index in [0.717, 1.165) is 22.3 Å². The van der Waals surface area contributed by atoms with Crippen LogP contribution in [0.3, 0.4) is 0 Å². The Morgan fingerprint density at radius 2 is 1.69 bits per heavy atom. The van der Waals surface area contributed by atoms with Crippen LogP contribution in [0.4, 0.5) is 0 Å². The summed E-state index contributed by atoms with van der Waals surface area (Å²) < 4.78 is 0. The Morgan fingerprint density at radius 1 is 1.03 bits per heavy atom. The summed E-state index contributed by atoms with van der Waals surface area (Å²) in [5.41, 5.74) is 4.06. The van der Waals surface area contributed by atoms with E-state index in [0.29, 0.717) is 19.4 Å². The van der Waals surface area contributed by atoms with Crippen LogP contribution in [0.5, 0.6) is 0 Å². The fraction of sp³-hybridized carbons (Fsp3) is 0.440. The molecule has 0 saturated heterocycles. The molecule has 0 fully saturated rings. The Morgan fingerprint density at radius 3 is 2.31 bits per heavy atom. The van der Waals surface area contributed by atoms with Crippen molar-refractivity contribution in [1.82, 2.24) is 10.2 Å². The summed E-state index contributed by atoms with van der Waals surface area (Å²) >= 11 is 0. The summed E-state index contributed by atoms with van der Waals surface area (Å²) in [6.45, 7) is 12.2. The predicted octanol–water partition coefficient (Wildman–Crippen LogP) is 4.22. The van der Waals surface area contributed by atoms with Crippen molar-refractivity contribution < 1.29 is 9.59 Å². The predicted molar refractivity (Wildman–Crippen MR) is 119 cm³/mol. The molecule has 0 aliphatic rings. The van der Waals surface area contributed by atoms with Crippen molar-refractivity contribution in [3.8, 4) is 0 Å². The van der Waals surface area contributed by atoms with E-state index in [1.165, 1.54) is 0 Å². The molecule has 0 aliphatic carbocycles. The molecule has 2 rings (SSSR count). The SMILES string of the molecule is Cc1ccc(C)c(CC(=O)N(CCc2ccccc2)[C@@H](C)C(=O)NC(C)(C)C)c1. The van der Waals surface area contributed by atoms with Crippen LogP contribution in [0.1, 0.15) is 49.9 Å². The van der Waals surface area contributed by atoms with Crippen molar-refractivity contribution in [3.63, 3.8) is 0 Å². The van der Waals surface area contributed by atoms with Crippen molar-refractivity contribution >= 4 is 11.8 Å². The lowest BCUT2D eigenvalue weighted by molar-refractivity contribution is -0.140. The lowest BCUT2D eigenvalue weighted by atomic mass is 10.0. The summed E-state index contributed by atoms with van der Waals surface area (Å²) in [6, 6.07) is 15.7. The van der Waals surface area contributed by atoms with E-state index in [4.69, 9.17) is 0 Å². The Kier molecular flexibility index (Phi) is 7.60. The van der Waals surface area contributed by atoms with Crippen molar-refractivity contribution in [3.05, 3.63) is 70.8 Å². The average molecular weight is 395 g/mol. The highest BCUT2D eigenvalue weighted by Crippen LogP contribution is 2.15. The van der Waals surface area contributed by atoms with Gasteiger partial charge in [0.05, 0.1) is 6.42 Å². The number of hydrogen-bond acceptors (Lipinski definition) is 2. The maximum absolute atomic E-state index is 13.3. The standard InChI is InChI=1S/C25H34N2O2/c1-18-12-13-19(2)22(16-18)17-23(28)27(15-14-21-10-8-7-9-11-21)20(3)24(29)26-25(4,5)6/h7-13,16,20H,14-15,17H2,1-6H3,(H,26,29)/t20-/m0/s1. The van der Waals surface area contributed by atoms with Gasteiger partial charge in [-0.25, -0.2) is 0 Å². The summed E-state index contributed by atoms with van der Waals surface area (Å²) in [5, 5.41) is 3.00. The number of benzene rings is 2. The summed E-state index contributed by atoms with van der Waals surface area (Å²) in [6.07, 6.45) is 1.02. The minimum Gasteiger partial charge on any atom is -0.350 e. The van der Waals surface area contributed by atoms with Gasteiger partial charge in [0.25, 0.3) is 0 Å². The highest BCUT2D eigenvalue weighted by molar-refractivity contribution is 5.88. The maximum Gasteiger partial charge on any atom is 0.242 e. The minimum atomic E-state index is -0.532. The highest BCUT2D eigenvalue weighted by atomic mass is 16.2. The fourth-order valence-corrected chi connectivity index (χ4v) is 3.30. The summed E-state index contributed by atoms with van der Waals surface area (Å²) in [7, 11) is 0. The Bertz CT molecular complexity index is 838. The quantitative estimate of drug-likeness (QED) is 0.764. The van der Waals surface area contributed by atoms with E-state index in [2.05, 4.69) is 17.4 Å². The van der Waals surface area contributed by atoms with Gasteiger partial charge in [0.15, 0.2) is 0 Å². The lowest BCUT2D eigenvalue weighted by Crippen LogP contribution is -2.53. The second kappa shape index (κ2) is 9.73. The molecule has 1 N–H and O–H groups in total. The number of carbonyl (C=O) groups excluding carboxylic acids is 2. The normalized spacial score (nSPS) is 12.3. The van der Waals surface area contributed by atoms with Crippen molar-refractivity contribution in [1.29, 1.82) is 0 Å². The number of carbonyl (C=O) groups is 2. The average Bonchev–Trinajstić information content (AvgIpc) is 2.64. The summed E-state index contributed by atoms with van der Waals surface area (Å²) in [4.78, 5) is 27.8. The molecule has 2 aromatic carbocycles. The van der Waals surface area contributed by atoms with Gasteiger partial charge in [-0.1, -0.05) is 54.1 Å². The van der Waals surface area contributed by atoms with Gasteiger partial charge in [0.1, 0.15) is 6.04 Å². The van der Waals surface area contributed by atoms with Gasteiger partial charge in [0, 0.05) is 12.1 Å². The van der Waals surface area contributed by atoms with E-state index in [1.54, 1.807) is 4.90 Å². The van der Waals surface area contributed by atoms with Crippen LogP contribution in [-0.4, -0.2) is 34.8 Å². The van der Waals surface area contributed by atoms with E-state index < -0.39 is 6.04 Å². The molecule has 0 heterocycles. The first-order valence-corrected chi connectivity index (χ1v) is 10.3. The topological polar surface area (TPSA) is 49.4 Å². The van der Waals surface area contributed by atoms with Crippen LogP contribution < -0.4 is 5.32 Å². The Hall–Kier alpha value is -2.62. The van der Waals surface area contributed by atoms with Crippen molar-refractivity contribution in [2.24, 2.45) is 0 Å². The summed E-state index contributed by atoms with van der Waals surface area (Å²) in [5.74, 6) is -0.147. The van der Waals surface area contributed by atoms with Gasteiger partial charge in [-0.05, 0) is 64.7 Å². The van der Waals surface area contributed by atoms with Gasteiger partial charge in [-0.3, -0.25) is 9.59 Å². The van der Waals surface area contributed by atoms with Gasteiger partial charge in [0.2, 0.25) is 11.8 Å². The molecule has 29 heavy (non-hydrogen) atoms. The molecule has 1 atom stereocenters. The first-order chi connectivity index (χ1) is 13.6. The number of nitrogens with zero attached hydrogens (tertiary/aromatic N) is 1. The van der Waals surface area contributed by atoms with E-state index in [9.17, 15) is 9.59 Å². The van der Waals surface area contributed by atoms with Gasteiger partial charge < -0.3 is 10.2 Å². The number of amides is 2. The van der Waals surface area contributed by atoms with Gasteiger partial charge in [-0.15, -0.1) is 0 Å². The third kappa shape index (κ3) is 7.04. The zero-order valence-corrected chi connectivity index (χ0v) is 18.6. The molecule has 156 valence electrons. The van der Waals surface area contributed by atoms with Crippen LogP contribution in [0.25, 0.3) is 0 Å². The molecule has 2 aromatic rings. The molecule has 0 unspecified atom stereocenters. The fourth-order valence-electron chi connectivity index (χ4n) is 3.30. The number of aryl methyl sites for hydroxylation is 2.